The number of hydrogen-bond donors (Lipinski definition) is 1. The van der Waals surface area contributed by atoms with E-state index in [0.717, 1.165) is 51.9 Å². The average molecular weight is 511 g/mol. The van der Waals surface area contributed by atoms with E-state index in [0.29, 0.717) is 40.0 Å². The molecule has 11 nitrogen and oxygen atoms in total. The van der Waals surface area contributed by atoms with Crippen LogP contribution in [0, 0.1) is 10.1 Å². The zero-order valence-corrected chi connectivity index (χ0v) is 20.5. The SMILES string of the molecule is O=[N+]([O-])c1ccc(Cl)c(-c2ccc(C=NNc3nc(N4CCCCC4)nc(N4CCCCC4)n3)o2)c1. The number of nitro groups is 1. The van der Waals surface area contributed by atoms with Crippen molar-refractivity contribution in [2.24, 2.45) is 5.10 Å². The van der Waals surface area contributed by atoms with Gasteiger partial charge in [0.2, 0.25) is 17.8 Å². The summed E-state index contributed by atoms with van der Waals surface area (Å²) < 4.78 is 5.80. The van der Waals surface area contributed by atoms with Gasteiger partial charge in [0, 0.05) is 43.9 Å². The van der Waals surface area contributed by atoms with Gasteiger partial charge < -0.3 is 14.2 Å². The smallest absolute Gasteiger partial charge is 0.270 e. The minimum Gasteiger partial charge on any atom is -0.455 e. The number of nitro benzene ring substituents is 1. The maximum absolute atomic E-state index is 11.1. The number of piperidine rings is 2. The number of nitrogens with zero attached hydrogens (tertiary/aromatic N) is 7. The molecule has 0 amide bonds. The molecule has 0 atom stereocenters. The largest absolute Gasteiger partial charge is 0.455 e. The molecule has 12 heteroatoms. The third-order valence-corrected chi connectivity index (χ3v) is 6.63. The monoisotopic (exact) mass is 510 g/mol. The Morgan fingerprint density at radius 1 is 0.944 bits per heavy atom. The van der Waals surface area contributed by atoms with E-state index in [1.807, 2.05) is 0 Å². The lowest BCUT2D eigenvalue weighted by molar-refractivity contribution is -0.384. The van der Waals surface area contributed by atoms with E-state index in [2.05, 4.69) is 30.3 Å². The van der Waals surface area contributed by atoms with E-state index in [1.165, 1.54) is 37.3 Å². The Bertz CT molecular complexity index is 1220. The third kappa shape index (κ3) is 5.56. The van der Waals surface area contributed by atoms with Gasteiger partial charge in [-0.2, -0.15) is 20.1 Å². The van der Waals surface area contributed by atoms with Crippen LogP contribution in [0.3, 0.4) is 0 Å². The molecule has 1 aromatic carbocycles. The van der Waals surface area contributed by atoms with Gasteiger partial charge in [0.15, 0.2) is 0 Å². The molecule has 2 aromatic heterocycles. The van der Waals surface area contributed by atoms with Crippen molar-refractivity contribution < 1.29 is 9.34 Å². The van der Waals surface area contributed by atoms with E-state index >= 15 is 0 Å². The maximum Gasteiger partial charge on any atom is 0.270 e. The number of hydrogen-bond acceptors (Lipinski definition) is 10. The minimum atomic E-state index is -0.472. The molecule has 3 aromatic rings. The van der Waals surface area contributed by atoms with Gasteiger partial charge in [-0.15, -0.1) is 0 Å². The second-order valence-corrected chi connectivity index (χ2v) is 9.25. The maximum atomic E-state index is 11.1. The molecule has 5 rings (SSSR count). The number of anilines is 3. The summed E-state index contributed by atoms with van der Waals surface area (Å²) in [5.41, 5.74) is 3.29. The van der Waals surface area contributed by atoms with Gasteiger partial charge >= 0.3 is 0 Å². The lowest BCUT2D eigenvalue weighted by Gasteiger charge is -2.30. The highest BCUT2D eigenvalue weighted by atomic mass is 35.5. The summed E-state index contributed by atoms with van der Waals surface area (Å²) >= 11 is 6.23. The minimum absolute atomic E-state index is 0.0634. The molecule has 0 aliphatic carbocycles. The van der Waals surface area contributed by atoms with Crippen LogP contribution in [0.4, 0.5) is 23.5 Å². The van der Waals surface area contributed by atoms with Crippen molar-refractivity contribution in [3.8, 4) is 11.3 Å². The Balaban J connectivity index is 1.34. The highest BCUT2D eigenvalue weighted by Crippen LogP contribution is 2.32. The van der Waals surface area contributed by atoms with Gasteiger partial charge in [0.1, 0.15) is 11.5 Å². The van der Waals surface area contributed by atoms with Crippen LogP contribution in [-0.2, 0) is 0 Å². The second kappa shape index (κ2) is 10.9. The Hall–Kier alpha value is -3.73. The van der Waals surface area contributed by atoms with Crippen molar-refractivity contribution in [2.75, 3.05) is 41.4 Å². The van der Waals surface area contributed by atoms with Crippen LogP contribution < -0.4 is 15.2 Å². The van der Waals surface area contributed by atoms with Crippen LogP contribution in [0.15, 0.2) is 39.9 Å². The molecule has 0 bridgehead atoms. The quantitative estimate of drug-likeness (QED) is 0.262. The zero-order valence-electron chi connectivity index (χ0n) is 19.8. The summed E-state index contributed by atoms with van der Waals surface area (Å²) in [6.07, 6.45) is 8.45. The molecule has 0 radical (unpaired) electrons. The van der Waals surface area contributed by atoms with Crippen LogP contribution in [0.25, 0.3) is 11.3 Å². The second-order valence-electron chi connectivity index (χ2n) is 8.85. The summed E-state index contributed by atoms with van der Waals surface area (Å²) in [5.74, 6) is 2.56. The van der Waals surface area contributed by atoms with Gasteiger partial charge in [0.25, 0.3) is 5.69 Å². The van der Waals surface area contributed by atoms with Crippen LogP contribution in [0.5, 0.6) is 0 Å². The van der Waals surface area contributed by atoms with Gasteiger partial charge in [-0.05, 0) is 56.7 Å². The lowest BCUT2D eigenvalue weighted by Crippen LogP contribution is -2.34. The predicted molar refractivity (Wildman–Crippen MR) is 139 cm³/mol. The Morgan fingerprint density at radius 3 is 2.19 bits per heavy atom. The molecule has 2 fully saturated rings. The van der Waals surface area contributed by atoms with Crippen molar-refractivity contribution in [3.63, 3.8) is 0 Å². The van der Waals surface area contributed by atoms with Crippen molar-refractivity contribution in [1.82, 2.24) is 15.0 Å². The molecule has 2 saturated heterocycles. The van der Waals surface area contributed by atoms with Crippen LogP contribution in [0.1, 0.15) is 44.3 Å². The molecular formula is C24H27ClN8O3. The number of nitrogens with one attached hydrogen (secondary N) is 1. The number of non-ortho nitro benzene ring substituents is 1. The molecular weight excluding hydrogens is 484 g/mol. The lowest BCUT2D eigenvalue weighted by atomic mass is 10.1. The molecule has 0 unspecified atom stereocenters. The Kier molecular flexibility index (Phi) is 7.26. The van der Waals surface area contributed by atoms with Crippen LogP contribution in [0.2, 0.25) is 5.02 Å². The highest BCUT2D eigenvalue weighted by molar-refractivity contribution is 6.33. The molecule has 36 heavy (non-hydrogen) atoms. The van der Waals surface area contributed by atoms with E-state index in [-0.39, 0.29) is 5.69 Å². The highest BCUT2D eigenvalue weighted by Gasteiger charge is 2.20. The van der Waals surface area contributed by atoms with Gasteiger partial charge in [-0.1, -0.05) is 11.6 Å². The summed E-state index contributed by atoms with van der Waals surface area (Å²) in [5, 5.41) is 15.7. The zero-order chi connectivity index (χ0) is 24.9. The number of halogens is 1. The number of hydrazone groups is 1. The molecule has 0 saturated carbocycles. The Labute approximate surface area is 213 Å². The molecule has 2 aliphatic heterocycles. The van der Waals surface area contributed by atoms with E-state index in [9.17, 15) is 10.1 Å². The number of aromatic nitrogens is 3. The molecule has 1 N–H and O–H groups in total. The van der Waals surface area contributed by atoms with Crippen LogP contribution >= 0.6 is 11.6 Å². The fourth-order valence-corrected chi connectivity index (χ4v) is 4.62. The topological polar surface area (TPSA) is 126 Å². The number of rotatable bonds is 7. The molecule has 188 valence electrons. The summed E-state index contributed by atoms with van der Waals surface area (Å²) in [4.78, 5) is 29.0. The first-order valence-electron chi connectivity index (χ1n) is 12.2. The van der Waals surface area contributed by atoms with Crippen molar-refractivity contribution >= 4 is 41.3 Å². The molecule has 4 heterocycles. The standard InChI is InChI=1S/C24H27ClN8O3/c25-20-9-7-17(33(34)35)15-19(20)21-10-8-18(36-21)16-26-30-22-27-23(31-11-3-1-4-12-31)29-24(28-22)32-13-5-2-6-14-32/h7-10,15-16H,1-6,11-14H2,(H,27,28,29,30). The van der Waals surface area contributed by atoms with Crippen molar-refractivity contribution in [1.29, 1.82) is 0 Å². The first-order valence-corrected chi connectivity index (χ1v) is 12.5. The van der Waals surface area contributed by atoms with Crippen molar-refractivity contribution in [3.05, 3.63) is 51.2 Å². The first-order chi connectivity index (χ1) is 17.6. The summed E-state index contributed by atoms with van der Waals surface area (Å²) in [7, 11) is 0. The summed E-state index contributed by atoms with van der Waals surface area (Å²) in [6, 6.07) is 7.62. The average Bonchev–Trinajstić information content (AvgIpc) is 3.38. The van der Waals surface area contributed by atoms with E-state index < -0.39 is 4.92 Å². The van der Waals surface area contributed by atoms with Gasteiger partial charge in [-0.25, -0.2) is 5.43 Å². The van der Waals surface area contributed by atoms with Crippen LogP contribution in [-0.4, -0.2) is 52.3 Å². The first kappa shape index (κ1) is 24.0. The van der Waals surface area contributed by atoms with E-state index in [4.69, 9.17) is 21.0 Å². The summed E-state index contributed by atoms with van der Waals surface area (Å²) in [6.45, 7) is 3.73. The predicted octanol–water partition coefficient (Wildman–Crippen LogP) is 5.12. The third-order valence-electron chi connectivity index (χ3n) is 6.30. The Morgan fingerprint density at radius 2 is 1.58 bits per heavy atom. The van der Waals surface area contributed by atoms with Crippen molar-refractivity contribution in [2.45, 2.75) is 38.5 Å². The van der Waals surface area contributed by atoms with Gasteiger partial charge in [0.05, 0.1) is 16.2 Å². The fraction of sp³-hybridized carbons (Fsp3) is 0.417. The normalized spacial score (nSPS) is 16.5. The number of furan rings is 1. The molecule has 0 spiro atoms. The van der Waals surface area contributed by atoms with E-state index in [1.54, 1.807) is 12.1 Å². The molecule has 2 aliphatic rings. The van der Waals surface area contributed by atoms with Gasteiger partial charge in [-0.3, -0.25) is 10.1 Å². The fourth-order valence-electron chi connectivity index (χ4n) is 4.41. The number of benzene rings is 1.